The lowest BCUT2D eigenvalue weighted by molar-refractivity contribution is 0.596. The molecule has 0 unspecified atom stereocenters. The molecule has 0 saturated carbocycles. The van der Waals surface area contributed by atoms with Crippen molar-refractivity contribution < 1.29 is 16.8 Å². The van der Waals surface area contributed by atoms with Gasteiger partial charge in [0.25, 0.3) is 9.05 Å². The van der Waals surface area contributed by atoms with Crippen LogP contribution in [0.2, 0.25) is 0 Å². The Morgan fingerprint density at radius 2 is 1.94 bits per heavy atom. The van der Waals surface area contributed by atoms with Crippen LogP contribution < -0.4 is 0 Å². The van der Waals surface area contributed by atoms with E-state index in [0.717, 1.165) is 11.3 Å². The molecular weight excluding hydrogens is 318 g/mol. The van der Waals surface area contributed by atoms with Crippen molar-refractivity contribution >= 4 is 51.1 Å². The molecule has 2 aromatic rings. The van der Waals surface area contributed by atoms with Crippen LogP contribution in [0.25, 0.3) is 10.2 Å². The number of rotatable bonds is 3. The summed E-state index contributed by atoms with van der Waals surface area (Å²) in [5, 5.41) is 0. The van der Waals surface area contributed by atoms with Gasteiger partial charge in [-0.2, -0.15) is 0 Å². The molecule has 9 heteroatoms. The van der Waals surface area contributed by atoms with Crippen molar-refractivity contribution in [2.75, 3.05) is 5.75 Å². The van der Waals surface area contributed by atoms with Crippen LogP contribution in [-0.2, 0) is 18.9 Å². The maximum Gasteiger partial charge on any atom is 0.261 e. The van der Waals surface area contributed by atoms with E-state index in [1.165, 1.54) is 25.1 Å². The molecule has 1 aromatic heterocycles. The first-order valence-electron chi connectivity index (χ1n) is 4.82. The zero-order valence-corrected chi connectivity index (χ0v) is 12.3. The second-order valence-corrected chi connectivity index (χ2v) is 9.50. The molecular formula is C9H8ClNO4S3. The average Bonchev–Trinajstić information content (AvgIpc) is 2.71. The zero-order valence-electron chi connectivity index (χ0n) is 9.12. The number of thiazole rings is 1. The maximum atomic E-state index is 11.7. The molecule has 1 aromatic carbocycles. The van der Waals surface area contributed by atoms with Crippen LogP contribution in [0.5, 0.6) is 0 Å². The van der Waals surface area contributed by atoms with Gasteiger partial charge in [-0.05, 0) is 18.2 Å². The van der Waals surface area contributed by atoms with Gasteiger partial charge in [-0.15, -0.1) is 11.3 Å². The fourth-order valence-corrected chi connectivity index (χ4v) is 4.50. The first-order chi connectivity index (χ1) is 8.24. The second kappa shape index (κ2) is 4.44. The van der Waals surface area contributed by atoms with Gasteiger partial charge in [-0.3, -0.25) is 0 Å². The highest BCUT2D eigenvalue weighted by atomic mass is 35.7. The van der Waals surface area contributed by atoms with Crippen LogP contribution in [0.3, 0.4) is 0 Å². The summed E-state index contributed by atoms with van der Waals surface area (Å²) in [5.74, 6) is -0.0481. The topological polar surface area (TPSA) is 81.2 Å². The lowest BCUT2D eigenvalue weighted by Gasteiger charge is -1.93. The fraction of sp³-hybridized carbons (Fsp3) is 0.222. The number of hydrogen-bond donors (Lipinski definition) is 0. The van der Waals surface area contributed by atoms with Gasteiger partial charge >= 0.3 is 0 Å². The van der Waals surface area contributed by atoms with Crippen LogP contribution in [0.4, 0.5) is 0 Å². The van der Waals surface area contributed by atoms with E-state index in [9.17, 15) is 16.8 Å². The highest BCUT2D eigenvalue weighted by molar-refractivity contribution is 8.13. The molecule has 0 bridgehead atoms. The van der Waals surface area contributed by atoms with E-state index in [2.05, 4.69) is 4.98 Å². The minimum absolute atomic E-state index is 0.0101. The van der Waals surface area contributed by atoms with Gasteiger partial charge in [0.2, 0.25) is 14.2 Å². The van der Waals surface area contributed by atoms with Crippen LogP contribution in [-0.4, -0.2) is 27.6 Å². The molecule has 0 saturated heterocycles. The Hall–Kier alpha value is -0.700. The lowest BCUT2D eigenvalue weighted by atomic mass is 10.3. The molecule has 5 nitrogen and oxygen atoms in total. The lowest BCUT2D eigenvalue weighted by Crippen LogP contribution is -2.02. The highest BCUT2D eigenvalue weighted by Gasteiger charge is 2.19. The van der Waals surface area contributed by atoms with Gasteiger partial charge < -0.3 is 0 Å². The van der Waals surface area contributed by atoms with Crippen molar-refractivity contribution in [1.29, 1.82) is 0 Å². The van der Waals surface area contributed by atoms with E-state index in [1.807, 2.05) is 0 Å². The molecule has 0 aliphatic heterocycles. The van der Waals surface area contributed by atoms with Gasteiger partial charge in [-0.1, -0.05) is 6.92 Å². The molecule has 0 N–H and O–H groups in total. The summed E-state index contributed by atoms with van der Waals surface area (Å²) in [6.07, 6.45) is 0. The summed E-state index contributed by atoms with van der Waals surface area (Å²) in [7, 11) is -1.99. The molecule has 0 aliphatic rings. The third-order valence-corrected chi connectivity index (χ3v) is 6.83. The Labute approximate surface area is 113 Å². The predicted molar refractivity (Wildman–Crippen MR) is 70.4 cm³/mol. The first-order valence-corrected chi connectivity index (χ1v) is 9.60. The van der Waals surface area contributed by atoms with Crippen molar-refractivity contribution in [2.24, 2.45) is 0 Å². The van der Waals surface area contributed by atoms with E-state index in [1.54, 1.807) is 0 Å². The number of benzene rings is 1. The molecule has 0 radical (unpaired) electrons. The Balaban J connectivity index is 2.68. The molecule has 98 valence electrons. The van der Waals surface area contributed by atoms with E-state index < -0.39 is 18.9 Å². The third-order valence-electron chi connectivity index (χ3n) is 2.27. The number of fused-ring (bicyclic) bond motifs is 1. The SMILES string of the molecule is CCS(=O)(=O)c1nc2ccc(S(=O)(=O)Cl)cc2s1. The van der Waals surface area contributed by atoms with Gasteiger partial charge in [-0.25, -0.2) is 21.8 Å². The van der Waals surface area contributed by atoms with Crippen LogP contribution in [0.1, 0.15) is 6.92 Å². The van der Waals surface area contributed by atoms with Gasteiger partial charge in [0.05, 0.1) is 20.9 Å². The summed E-state index contributed by atoms with van der Waals surface area (Å²) in [6.45, 7) is 1.52. The van der Waals surface area contributed by atoms with Gasteiger partial charge in [0.15, 0.2) is 0 Å². The molecule has 0 aliphatic carbocycles. The van der Waals surface area contributed by atoms with E-state index in [0.29, 0.717) is 10.2 Å². The maximum absolute atomic E-state index is 11.7. The highest BCUT2D eigenvalue weighted by Crippen LogP contribution is 2.29. The quantitative estimate of drug-likeness (QED) is 0.806. The number of halogens is 1. The minimum Gasteiger partial charge on any atom is -0.225 e. The molecule has 2 rings (SSSR count). The normalized spacial score (nSPS) is 13.0. The second-order valence-electron chi connectivity index (χ2n) is 3.45. The minimum atomic E-state index is -3.82. The number of nitrogens with zero attached hydrogens (tertiary/aromatic N) is 1. The number of hydrogen-bond acceptors (Lipinski definition) is 6. The molecule has 18 heavy (non-hydrogen) atoms. The molecule has 0 atom stereocenters. The van der Waals surface area contributed by atoms with Crippen molar-refractivity contribution in [2.45, 2.75) is 16.2 Å². The van der Waals surface area contributed by atoms with E-state index in [-0.39, 0.29) is 15.0 Å². The molecule has 0 spiro atoms. The van der Waals surface area contributed by atoms with Crippen molar-refractivity contribution in [3.63, 3.8) is 0 Å². The van der Waals surface area contributed by atoms with Crippen LogP contribution in [0, 0.1) is 0 Å². The summed E-state index contributed by atoms with van der Waals surface area (Å²) < 4.78 is 46.1. The molecule has 0 amide bonds. The Bertz CT molecular complexity index is 807. The monoisotopic (exact) mass is 325 g/mol. The average molecular weight is 326 g/mol. The van der Waals surface area contributed by atoms with Crippen molar-refractivity contribution in [3.05, 3.63) is 18.2 Å². The Morgan fingerprint density at radius 1 is 1.28 bits per heavy atom. The van der Waals surface area contributed by atoms with Crippen LogP contribution in [0.15, 0.2) is 27.4 Å². The third kappa shape index (κ3) is 2.51. The summed E-state index contributed by atoms with van der Waals surface area (Å²) in [4.78, 5) is 3.90. The largest absolute Gasteiger partial charge is 0.261 e. The summed E-state index contributed by atoms with van der Waals surface area (Å²) >= 11 is 0.937. The van der Waals surface area contributed by atoms with Crippen LogP contribution >= 0.6 is 22.0 Å². The standard InChI is InChI=1S/C9H8ClNO4S3/c1-2-17(12,13)9-11-7-4-3-6(18(10,14)15)5-8(7)16-9/h3-5H,2H2,1H3. The summed E-state index contributed by atoms with van der Waals surface area (Å²) in [6, 6.07) is 4.06. The number of aromatic nitrogens is 1. The van der Waals surface area contributed by atoms with E-state index in [4.69, 9.17) is 10.7 Å². The van der Waals surface area contributed by atoms with Crippen molar-refractivity contribution in [3.8, 4) is 0 Å². The first kappa shape index (κ1) is 13.7. The Kier molecular flexibility index (Phi) is 3.39. The Morgan fingerprint density at radius 3 is 2.50 bits per heavy atom. The summed E-state index contributed by atoms with van der Waals surface area (Å²) in [5.41, 5.74) is 0.441. The smallest absolute Gasteiger partial charge is 0.225 e. The predicted octanol–water partition coefficient (Wildman–Crippen LogP) is 2.02. The van der Waals surface area contributed by atoms with Gasteiger partial charge in [0, 0.05) is 10.7 Å². The molecule has 1 heterocycles. The van der Waals surface area contributed by atoms with Gasteiger partial charge in [0.1, 0.15) is 0 Å². The molecule has 0 fully saturated rings. The van der Waals surface area contributed by atoms with Crippen molar-refractivity contribution in [1.82, 2.24) is 4.98 Å². The number of sulfone groups is 1. The fourth-order valence-electron chi connectivity index (χ4n) is 1.29. The van der Waals surface area contributed by atoms with E-state index >= 15 is 0 Å². The zero-order chi connectivity index (χ0) is 13.6.